The van der Waals surface area contributed by atoms with Crippen LogP contribution in [0.1, 0.15) is 0 Å². The van der Waals surface area contributed by atoms with Crippen LogP contribution in [0.15, 0.2) is 36.7 Å². The molecule has 0 aliphatic rings. The molecular formula is C16H18N10O2+2. The zero-order chi connectivity index (χ0) is 19.9. The van der Waals surface area contributed by atoms with Gasteiger partial charge in [0, 0.05) is 0 Å². The van der Waals surface area contributed by atoms with Crippen LogP contribution in [0.25, 0.3) is 23.0 Å². The van der Waals surface area contributed by atoms with Crippen molar-refractivity contribution < 1.29 is 21.1 Å². The molecule has 12 heteroatoms. The molecule has 12 nitrogen and oxygen atoms in total. The van der Waals surface area contributed by atoms with Crippen molar-refractivity contribution in [1.29, 1.82) is 0 Å². The average Bonchev–Trinajstić information content (AvgIpc) is 2.75. The average molecular weight is 382 g/mol. The molecule has 8 N–H and O–H groups in total. The second kappa shape index (κ2) is 8.66. The predicted molar refractivity (Wildman–Crippen MR) is 96.9 cm³/mol. The molecule has 0 aliphatic carbocycles. The molecule has 0 radical (unpaired) electrons. The maximum Gasteiger partial charge on any atom is 0.279 e. The minimum Gasteiger partial charge on any atom is -0.350 e. The highest BCUT2D eigenvalue weighted by Crippen LogP contribution is 2.16. The van der Waals surface area contributed by atoms with Gasteiger partial charge in [0.15, 0.2) is 13.1 Å². The van der Waals surface area contributed by atoms with Gasteiger partial charge >= 0.3 is 0 Å². The third kappa shape index (κ3) is 4.63. The molecule has 3 heterocycles. The van der Waals surface area contributed by atoms with E-state index in [0.29, 0.717) is 22.8 Å². The summed E-state index contributed by atoms with van der Waals surface area (Å²) in [4.78, 5) is 31.0. The van der Waals surface area contributed by atoms with Crippen molar-refractivity contribution in [2.75, 3.05) is 23.7 Å². The van der Waals surface area contributed by atoms with E-state index in [1.807, 2.05) is 0 Å². The zero-order valence-electron chi connectivity index (χ0n) is 14.8. The Morgan fingerprint density at radius 3 is 1.39 bits per heavy atom. The summed E-state index contributed by atoms with van der Waals surface area (Å²) in [6.07, 6.45) is 2.97. The van der Waals surface area contributed by atoms with Gasteiger partial charge in [0.1, 0.15) is 11.4 Å². The number of aromatic nitrogens is 6. The number of carbonyl (C=O) groups excluding carboxylic acids is 2. The Morgan fingerprint density at radius 2 is 1.11 bits per heavy atom. The van der Waals surface area contributed by atoms with Crippen LogP contribution in [0.4, 0.5) is 11.4 Å². The number of pyridine rings is 2. The molecule has 3 aromatic heterocycles. The fourth-order valence-corrected chi connectivity index (χ4v) is 2.08. The lowest BCUT2D eigenvalue weighted by Gasteiger charge is -2.04. The Balaban J connectivity index is 1.71. The van der Waals surface area contributed by atoms with Crippen LogP contribution in [-0.2, 0) is 9.59 Å². The van der Waals surface area contributed by atoms with Crippen LogP contribution >= 0.6 is 0 Å². The number of carbonyl (C=O) groups is 2. The van der Waals surface area contributed by atoms with Crippen molar-refractivity contribution in [1.82, 2.24) is 30.4 Å². The number of nitrogens with one attached hydrogen (secondary N) is 2. The molecule has 3 aromatic rings. The molecule has 0 aliphatic heterocycles. The van der Waals surface area contributed by atoms with Gasteiger partial charge in [-0.25, -0.2) is 0 Å². The molecule has 0 saturated heterocycles. The first-order valence-corrected chi connectivity index (χ1v) is 8.27. The van der Waals surface area contributed by atoms with E-state index < -0.39 is 0 Å². The van der Waals surface area contributed by atoms with E-state index in [2.05, 4.69) is 52.5 Å². The van der Waals surface area contributed by atoms with Crippen LogP contribution in [0, 0.1) is 0 Å². The zero-order valence-corrected chi connectivity index (χ0v) is 14.8. The normalized spacial score (nSPS) is 10.4. The number of nitrogens with zero attached hydrogens (tertiary/aromatic N) is 6. The van der Waals surface area contributed by atoms with Gasteiger partial charge in [0.2, 0.25) is 11.6 Å². The van der Waals surface area contributed by atoms with Gasteiger partial charge in [-0.1, -0.05) is 0 Å². The molecule has 0 fully saturated rings. The van der Waals surface area contributed by atoms with E-state index in [0.717, 1.165) is 0 Å². The summed E-state index contributed by atoms with van der Waals surface area (Å²) in [6.45, 7) is 0.273. The Labute approximate surface area is 158 Å². The van der Waals surface area contributed by atoms with E-state index in [9.17, 15) is 9.59 Å². The van der Waals surface area contributed by atoms with Crippen LogP contribution in [0.3, 0.4) is 0 Å². The lowest BCUT2D eigenvalue weighted by molar-refractivity contribution is -0.354. The molecule has 0 spiro atoms. The number of rotatable bonds is 6. The number of amides is 2. The van der Waals surface area contributed by atoms with E-state index in [1.165, 1.54) is 12.4 Å². The van der Waals surface area contributed by atoms with E-state index in [-0.39, 0.29) is 36.6 Å². The van der Waals surface area contributed by atoms with Gasteiger partial charge in [-0.05, 0) is 24.3 Å². The maximum absolute atomic E-state index is 11.3. The Kier molecular flexibility index (Phi) is 5.84. The lowest BCUT2D eigenvalue weighted by atomic mass is 10.3. The highest BCUT2D eigenvalue weighted by atomic mass is 16.2. The Morgan fingerprint density at radius 1 is 0.714 bits per heavy atom. The van der Waals surface area contributed by atoms with Crippen LogP contribution < -0.4 is 22.1 Å². The number of quaternary nitrogens is 2. The fourth-order valence-electron chi connectivity index (χ4n) is 2.08. The van der Waals surface area contributed by atoms with Crippen molar-refractivity contribution in [2.45, 2.75) is 0 Å². The number of hydrogen-bond donors (Lipinski definition) is 4. The monoisotopic (exact) mass is 382 g/mol. The summed E-state index contributed by atoms with van der Waals surface area (Å²) in [5.41, 5.74) is 9.02. The molecule has 2 amide bonds. The minimum atomic E-state index is -0.206. The standard InChI is InChI=1S/C16H16N10O2/c17-5-13(27)21-9-1-3-11(19-7-9)15-23-25-16(26-24-15)12-4-2-10(8-20-12)22-14(28)6-18/h1-4,7-8H,5-6,17-18H2,(H,21,27)(H,22,28)/p+2. The van der Waals surface area contributed by atoms with Crippen molar-refractivity contribution in [3.05, 3.63) is 36.7 Å². The molecule has 28 heavy (non-hydrogen) atoms. The highest BCUT2D eigenvalue weighted by molar-refractivity contribution is 5.91. The molecular weight excluding hydrogens is 364 g/mol. The SMILES string of the molecule is [NH3+]CC(=O)Nc1ccc(-c2nnc(-c3ccc(NC(=O)C[NH3+])cn3)nn2)nc1. The second-order valence-electron chi connectivity index (χ2n) is 5.51. The third-order valence-corrected chi connectivity index (χ3v) is 3.49. The summed E-state index contributed by atoms with van der Waals surface area (Å²) in [5.74, 6) is 0.0575. The number of hydrogen-bond acceptors (Lipinski definition) is 8. The van der Waals surface area contributed by atoms with Gasteiger partial charge in [-0.15, -0.1) is 20.4 Å². The first kappa shape index (κ1) is 18.9. The maximum atomic E-state index is 11.3. The fraction of sp³-hybridized carbons (Fsp3) is 0.125. The van der Waals surface area contributed by atoms with E-state index >= 15 is 0 Å². The van der Waals surface area contributed by atoms with Gasteiger partial charge in [-0.3, -0.25) is 19.6 Å². The third-order valence-electron chi connectivity index (χ3n) is 3.49. The van der Waals surface area contributed by atoms with Gasteiger partial charge in [0.25, 0.3) is 11.8 Å². The smallest absolute Gasteiger partial charge is 0.279 e. The quantitative estimate of drug-likeness (QED) is 0.367. The van der Waals surface area contributed by atoms with Crippen molar-refractivity contribution >= 4 is 23.2 Å². The van der Waals surface area contributed by atoms with Gasteiger partial charge < -0.3 is 22.1 Å². The highest BCUT2D eigenvalue weighted by Gasteiger charge is 2.10. The Bertz CT molecular complexity index is 878. The summed E-state index contributed by atoms with van der Waals surface area (Å²) < 4.78 is 0. The summed E-state index contributed by atoms with van der Waals surface area (Å²) in [6, 6.07) is 6.64. The van der Waals surface area contributed by atoms with Crippen molar-refractivity contribution in [3.63, 3.8) is 0 Å². The van der Waals surface area contributed by atoms with Crippen LogP contribution in [-0.4, -0.2) is 55.3 Å². The Hall–Kier alpha value is -3.90. The molecule has 142 valence electrons. The second-order valence-corrected chi connectivity index (χ2v) is 5.51. The van der Waals surface area contributed by atoms with Gasteiger partial charge in [-0.2, -0.15) is 0 Å². The molecule has 0 bridgehead atoms. The first-order chi connectivity index (χ1) is 13.6. The summed E-state index contributed by atoms with van der Waals surface area (Å²) in [5, 5.41) is 21.4. The van der Waals surface area contributed by atoms with Crippen molar-refractivity contribution in [3.8, 4) is 23.0 Å². The van der Waals surface area contributed by atoms with Crippen molar-refractivity contribution in [2.24, 2.45) is 0 Å². The lowest BCUT2D eigenvalue weighted by Crippen LogP contribution is -2.55. The summed E-state index contributed by atoms with van der Waals surface area (Å²) >= 11 is 0. The first-order valence-electron chi connectivity index (χ1n) is 8.27. The van der Waals surface area contributed by atoms with Crippen LogP contribution in [0.5, 0.6) is 0 Å². The van der Waals surface area contributed by atoms with E-state index in [4.69, 9.17) is 0 Å². The molecule has 0 aromatic carbocycles. The summed E-state index contributed by atoms with van der Waals surface area (Å²) in [7, 11) is 0. The largest absolute Gasteiger partial charge is 0.350 e. The van der Waals surface area contributed by atoms with Gasteiger partial charge in [0.05, 0.1) is 23.8 Å². The minimum absolute atomic E-state index is 0.136. The van der Waals surface area contributed by atoms with E-state index in [1.54, 1.807) is 24.3 Å². The molecule has 0 unspecified atom stereocenters. The molecule has 3 rings (SSSR count). The topological polar surface area (TPSA) is 191 Å². The predicted octanol–water partition coefficient (Wildman–Crippen LogP) is -2.25. The molecule has 0 atom stereocenters. The number of anilines is 2. The van der Waals surface area contributed by atoms with Crippen LogP contribution in [0.2, 0.25) is 0 Å². The molecule has 0 saturated carbocycles.